The molecule has 4 aromatic rings. The fraction of sp³-hybridized carbons (Fsp3) is 0.292. The fourth-order valence-electron chi connectivity index (χ4n) is 3.84. The average Bonchev–Trinajstić information content (AvgIpc) is 3.59. The lowest BCUT2D eigenvalue weighted by Gasteiger charge is -2.18. The number of hydrogen-bond acceptors (Lipinski definition) is 8. The second-order valence-electron chi connectivity index (χ2n) is 7.91. The van der Waals surface area contributed by atoms with Gasteiger partial charge in [0.15, 0.2) is 5.22 Å². The monoisotopic (exact) mass is 578 g/mol. The molecule has 8 nitrogen and oxygen atoms in total. The number of furan rings is 1. The zero-order valence-corrected chi connectivity index (χ0v) is 21.4. The molecule has 0 spiro atoms. The van der Waals surface area contributed by atoms with Crippen molar-refractivity contribution in [3.63, 3.8) is 0 Å². The first kappa shape index (κ1) is 24.1. The number of thiophene rings is 1. The minimum atomic E-state index is -1.20. The minimum absolute atomic E-state index is 0.0538. The Kier molecular flexibility index (Phi) is 7.24. The number of fused-ring (bicyclic) bond motifs is 1. The molecule has 35 heavy (non-hydrogen) atoms. The summed E-state index contributed by atoms with van der Waals surface area (Å²) in [5, 5.41) is 10.8. The molecule has 1 saturated heterocycles. The molecule has 2 atom stereocenters. The number of carboxylic acid groups (broad SMARTS) is 1. The summed E-state index contributed by atoms with van der Waals surface area (Å²) in [4.78, 5) is 22.1. The van der Waals surface area contributed by atoms with Crippen molar-refractivity contribution in [1.29, 1.82) is 0 Å². The second kappa shape index (κ2) is 10.5. The molecule has 0 unspecified atom stereocenters. The molecule has 1 aromatic carbocycles. The van der Waals surface area contributed by atoms with Crippen LogP contribution in [0.25, 0.3) is 20.9 Å². The van der Waals surface area contributed by atoms with Gasteiger partial charge in [0.05, 0.1) is 20.8 Å². The van der Waals surface area contributed by atoms with E-state index >= 15 is 0 Å². The zero-order chi connectivity index (χ0) is 24.4. The largest absolute Gasteiger partial charge is 0.491 e. The lowest BCUT2D eigenvalue weighted by molar-refractivity contribution is -0.145. The van der Waals surface area contributed by atoms with Crippen LogP contribution in [0.15, 0.2) is 51.6 Å². The Balaban J connectivity index is 1.40. The Morgan fingerprint density at radius 1 is 1.29 bits per heavy atom. The van der Waals surface area contributed by atoms with E-state index < -0.39 is 12.1 Å². The van der Waals surface area contributed by atoms with Crippen molar-refractivity contribution in [1.82, 2.24) is 9.97 Å². The van der Waals surface area contributed by atoms with Gasteiger partial charge < -0.3 is 23.7 Å². The standard InChI is InChI=1S/C24H20BrClN2O6S/c25-20-19-22(27-12-28-23(19)35-21(20)16-7-8-18(26)33-16)34-17(24(29)30)10-13-4-1-2-6-15(13)32-11-14-5-3-9-31-14/h1-2,4,6-8,12,14,17H,3,5,9-11H2,(H,29,30)/t14-,17+/m0/s1. The van der Waals surface area contributed by atoms with Crippen molar-refractivity contribution >= 4 is 55.1 Å². The molecular formula is C24H20BrClN2O6S. The van der Waals surface area contributed by atoms with E-state index in [1.807, 2.05) is 24.3 Å². The fourth-order valence-corrected chi connectivity index (χ4v) is 5.90. The van der Waals surface area contributed by atoms with Gasteiger partial charge in [-0.1, -0.05) is 18.2 Å². The number of carboxylic acids is 1. The predicted octanol–water partition coefficient (Wildman–Crippen LogP) is 6.00. The van der Waals surface area contributed by atoms with Crippen LogP contribution >= 0.6 is 38.9 Å². The maximum Gasteiger partial charge on any atom is 0.345 e. The van der Waals surface area contributed by atoms with Crippen LogP contribution in [0.1, 0.15) is 18.4 Å². The number of aromatic nitrogens is 2. The van der Waals surface area contributed by atoms with Gasteiger partial charge in [0.1, 0.15) is 29.3 Å². The number of hydrogen-bond donors (Lipinski definition) is 1. The molecule has 0 amide bonds. The SMILES string of the molecule is O=C(O)[C@@H](Cc1ccccc1OC[C@@H]1CCCO1)Oc1ncnc2sc(-c3ccc(Cl)o3)c(Br)c12. The Hall–Kier alpha value is -2.66. The maximum absolute atomic E-state index is 12.2. The molecule has 1 N–H and O–H groups in total. The highest BCUT2D eigenvalue weighted by Crippen LogP contribution is 2.45. The first-order valence-electron chi connectivity index (χ1n) is 10.9. The van der Waals surface area contributed by atoms with Crippen LogP contribution in [0.3, 0.4) is 0 Å². The summed E-state index contributed by atoms with van der Waals surface area (Å²) < 4.78 is 23.7. The molecule has 3 aromatic heterocycles. The summed E-state index contributed by atoms with van der Waals surface area (Å²) in [6.07, 6.45) is 2.26. The van der Waals surface area contributed by atoms with Gasteiger partial charge in [-0.15, -0.1) is 11.3 Å². The Morgan fingerprint density at radius 3 is 2.89 bits per heavy atom. The molecule has 4 heterocycles. The molecule has 182 valence electrons. The van der Waals surface area contributed by atoms with E-state index in [1.54, 1.807) is 12.1 Å². The van der Waals surface area contributed by atoms with Crippen LogP contribution in [0.5, 0.6) is 11.6 Å². The second-order valence-corrected chi connectivity index (χ2v) is 10.1. The van der Waals surface area contributed by atoms with Gasteiger partial charge in [-0.05, 0) is 64.1 Å². The number of ether oxygens (including phenoxy) is 3. The van der Waals surface area contributed by atoms with Gasteiger partial charge in [0, 0.05) is 13.0 Å². The molecule has 0 radical (unpaired) electrons. The molecule has 5 rings (SSSR count). The smallest absolute Gasteiger partial charge is 0.345 e. The first-order chi connectivity index (χ1) is 17.0. The molecule has 1 aliphatic rings. The molecule has 1 fully saturated rings. The number of benzene rings is 1. The summed E-state index contributed by atoms with van der Waals surface area (Å²) in [7, 11) is 0. The highest BCUT2D eigenvalue weighted by atomic mass is 79.9. The molecule has 1 aliphatic heterocycles. The van der Waals surface area contributed by atoms with Crippen LogP contribution in [0, 0.1) is 0 Å². The van der Waals surface area contributed by atoms with Crippen LogP contribution in [0.2, 0.25) is 5.22 Å². The predicted molar refractivity (Wildman–Crippen MR) is 134 cm³/mol. The molecule has 0 aliphatic carbocycles. The quantitative estimate of drug-likeness (QED) is 0.258. The van der Waals surface area contributed by atoms with E-state index in [0.29, 0.717) is 32.8 Å². The van der Waals surface area contributed by atoms with E-state index in [4.69, 9.17) is 30.2 Å². The van der Waals surface area contributed by atoms with Gasteiger partial charge in [-0.2, -0.15) is 0 Å². The zero-order valence-electron chi connectivity index (χ0n) is 18.3. The van der Waals surface area contributed by atoms with Gasteiger partial charge >= 0.3 is 5.97 Å². The highest BCUT2D eigenvalue weighted by Gasteiger charge is 2.27. The Bertz CT molecular complexity index is 1350. The van der Waals surface area contributed by atoms with E-state index in [0.717, 1.165) is 29.9 Å². The van der Waals surface area contributed by atoms with E-state index in [-0.39, 0.29) is 23.6 Å². The number of aliphatic carboxylic acids is 1. The number of rotatable bonds is 9. The minimum Gasteiger partial charge on any atom is -0.491 e. The number of halogens is 2. The Morgan fingerprint density at radius 2 is 2.14 bits per heavy atom. The van der Waals surface area contributed by atoms with Crippen LogP contribution in [-0.4, -0.2) is 46.5 Å². The van der Waals surface area contributed by atoms with Crippen molar-refractivity contribution in [2.75, 3.05) is 13.2 Å². The van der Waals surface area contributed by atoms with Crippen LogP contribution < -0.4 is 9.47 Å². The summed E-state index contributed by atoms with van der Waals surface area (Å²) in [5.41, 5.74) is 0.721. The molecule has 0 bridgehead atoms. The lowest BCUT2D eigenvalue weighted by atomic mass is 10.1. The van der Waals surface area contributed by atoms with Gasteiger partial charge in [0.2, 0.25) is 12.0 Å². The third kappa shape index (κ3) is 5.30. The van der Waals surface area contributed by atoms with Gasteiger partial charge in [0.25, 0.3) is 0 Å². The van der Waals surface area contributed by atoms with Gasteiger partial charge in [-0.25, -0.2) is 14.8 Å². The summed E-state index contributed by atoms with van der Waals surface area (Å²) in [5.74, 6) is 0.213. The first-order valence-corrected chi connectivity index (χ1v) is 12.9. The van der Waals surface area contributed by atoms with E-state index in [1.165, 1.54) is 17.7 Å². The number of carbonyl (C=O) groups is 1. The highest BCUT2D eigenvalue weighted by molar-refractivity contribution is 9.10. The third-order valence-electron chi connectivity index (χ3n) is 5.55. The van der Waals surface area contributed by atoms with E-state index in [9.17, 15) is 9.90 Å². The summed E-state index contributed by atoms with van der Waals surface area (Å²) in [6, 6.07) is 10.7. The molecular weight excluding hydrogens is 560 g/mol. The number of para-hydroxylation sites is 1. The van der Waals surface area contributed by atoms with E-state index in [2.05, 4.69) is 25.9 Å². The van der Waals surface area contributed by atoms with Crippen LogP contribution in [-0.2, 0) is 16.0 Å². The van der Waals surface area contributed by atoms with Crippen LogP contribution in [0.4, 0.5) is 0 Å². The van der Waals surface area contributed by atoms with Crippen molar-refractivity contribution in [2.45, 2.75) is 31.5 Å². The Labute approximate surface area is 217 Å². The van der Waals surface area contributed by atoms with Crippen molar-refractivity contribution in [3.05, 3.63) is 58.0 Å². The van der Waals surface area contributed by atoms with Gasteiger partial charge in [-0.3, -0.25) is 0 Å². The molecule has 11 heteroatoms. The maximum atomic E-state index is 12.2. The van der Waals surface area contributed by atoms with Crippen molar-refractivity contribution in [2.24, 2.45) is 0 Å². The number of nitrogens with zero attached hydrogens (tertiary/aromatic N) is 2. The average molecular weight is 580 g/mol. The van der Waals surface area contributed by atoms with Crippen molar-refractivity contribution in [3.8, 4) is 22.3 Å². The third-order valence-corrected chi connectivity index (χ3v) is 7.92. The summed E-state index contributed by atoms with van der Waals surface area (Å²) >= 11 is 10.9. The van der Waals surface area contributed by atoms with Crippen molar-refractivity contribution < 1.29 is 28.5 Å². The molecule has 0 saturated carbocycles. The topological polar surface area (TPSA) is 104 Å². The lowest BCUT2D eigenvalue weighted by Crippen LogP contribution is -2.30. The normalized spacial score (nSPS) is 16.5. The summed E-state index contributed by atoms with van der Waals surface area (Å²) in [6.45, 7) is 1.16.